The lowest BCUT2D eigenvalue weighted by atomic mass is 9.90. The summed E-state index contributed by atoms with van der Waals surface area (Å²) in [6.45, 7) is 14.3. The lowest BCUT2D eigenvalue weighted by Gasteiger charge is -2.26. The van der Waals surface area contributed by atoms with Gasteiger partial charge in [-0.15, -0.1) is 6.58 Å². The van der Waals surface area contributed by atoms with Crippen molar-refractivity contribution in [2.45, 2.75) is 46.1 Å². The SMILES string of the molecule is C=CCN(C(=O)c1cc(Cl)nc(C(C)(C)C)c1)C(C)C. The summed E-state index contributed by atoms with van der Waals surface area (Å²) in [5, 5.41) is 0.350. The maximum atomic E-state index is 12.6. The first-order valence-corrected chi connectivity index (χ1v) is 7.14. The Morgan fingerprint density at radius 3 is 2.50 bits per heavy atom. The molecule has 110 valence electrons. The largest absolute Gasteiger partial charge is 0.333 e. The minimum atomic E-state index is -0.152. The number of pyridine rings is 1. The van der Waals surface area contributed by atoms with Crippen LogP contribution in [0.1, 0.15) is 50.7 Å². The van der Waals surface area contributed by atoms with E-state index in [4.69, 9.17) is 11.6 Å². The number of nitrogens with zero attached hydrogens (tertiary/aromatic N) is 2. The lowest BCUT2D eigenvalue weighted by molar-refractivity contribution is 0.0728. The molecule has 0 unspecified atom stereocenters. The second-order valence-corrected chi connectivity index (χ2v) is 6.54. The zero-order valence-electron chi connectivity index (χ0n) is 12.9. The maximum Gasteiger partial charge on any atom is 0.254 e. The van der Waals surface area contributed by atoms with Gasteiger partial charge in [0.1, 0.15) is 5.15 Å². The van der Waals surface area contributed by atoms with Gasteiger partial charge < -0.3 is 4.90 Å². The zero-order valence-corrected chi connectivity index (χ0v) is 13.7. The number of rotatable bonds is 4. The van der Waals surface area contributed by atoms with E-state index in [1.54, 1.807) is 17.0 Å². The molecule has 0 spiro atoms. The highest BCUT2D eigenvalue weighted by Gasteiger charge is 2.22. The van der Waals surface area contributed by atoms with Crippen LogP contribution in [-0.4, -0.2) is 28.4 Å². The normalized spacial score (nSPS) is 11.6. The second-order valence-electron chi connectivity index (χ2n) is 6.15. The van der Waals surface area contributed by atoms with Gasteiger partial charge >= 0.3 is 0 Å². The summed E-state index contributed by atoms with van der Waals surface area (Å²) in [6.07, 6.45) is 1.73. The van der Waals surface area contributed by atoms with Gasteiger partial charge in [0, 0.05) is 29.3 Å². The minimum Gasteiger partial charge on any atom is -0.333 e. The van der Waals surface area contributed by atoms with Crippen LogP contribution in [0.15, 0.2) is 24.8 Å². The van der Waals surface area contributed by atoms with E-state index < -0.39 is 0 Å². The van der Waals surface area contributed by atoms with E-state index in [1.807, 2.05) is 40.7 Å². The monoisotopic (exact) mass is 294 g/mol. The molecule has 1 aromatic heterocycles. The first-order valence-electron chi connectivity index (χ1n) is 6.76. The van der Waals surface area contributed by atoms with Gasteiger partial charge in [-0.1, -0.05) is 38.4 Å². The van der Waals surface area contributed by atoms with Crippen molar-refractivity contribution in [2.75, 3.05) is 6.54 Å². The molecule has 20 heavy (non-hydrogen) atoms. The number of hydrogen-bond acceptors (Lipinski definition) is 2. The molecule has 3 nitrogen and oxygen atoms in total. The summed E-state index contributed by atoms with van der Waals surface area (Å²) in [5.74, 6) is -0.0466. The third-order valence-corrected chi connectivity index (χ3v) is 3.21. The molecule has 0 saturated heterocycles. The Hall–Kier alpha value is -1.35. The van der Waals surface area contributed by atoms with Crippen molar-refractivity contribution in [1.82, 2.24) is 9.88 Å². The van der Waals surface area contributed by atoms with Crippen molar-refractivity contribution < 1.29 is 4.79 Å². The van der Waals surface area contributed by atoms with Crippen LogP contribution in [0.3, 0.4) is 0 Å². The van der Waals surface area contributed by atoms with E-state index in [9.17, 15) is 4.79 Å². The molecule has 4 heteroatoms. The molecule has 1 rings (SSSR count). The molecule has 0 radical (unpaired) electrons. The fraction of sp³-hybridized carbons (Fsp3) is 0.500. The number of hydrogen-bond donors (Lipinski definition) is 0. The molecule has 1 aromatic rings. The van der Waals surface area contributed by atoms with E-state index in [0.717, 1.165) is 5.69 Å². The smallest absolute Gasteiger partial charge is 0.254 e. The average molecular weight is 295 g/mol. The van der Waals surface area contributed by atoms with Crippen molar-refractivity contribution in [3.8, 4) is 0 Å². The summed E-state index contributed by atoms with van der Waals surface area (Å²) in [7, 11) is 0. The number of halogens is 1. The number of aromatic nitrogens is 1. The van der Waals surface area contributed by atoms with Gasteiger partial charge in [-0.2, -0.15) is 0 Å². The number of carbonyl (C=O) groups is 1. The van der Waals surface area contributed by atoms with Crippen LogP contribution in [-0.2, 0) is 5.41 Å². The Kier molecular flexibility index (Phi) is 5.35. The molecule has 0 aliphatic rings. The topological polar surface area (TPSA) is 33.2 Å². The highest BCUT2D eigenvalue weighted by atomic mass is 35.5. The van der Waals surface area contributed by atoms with Crippen molar-refractivity contribution in [3.63, 3.8) is 0 Å². The van der Waals surface area contributed by atoms with Gasteiger partial charge in [-0.05, 0) is 26.0 Å². The average Bonchev–Trinajstić information content (AvgIpc) is 2.33. The molecule has 0 N–H and O–H groups in total. The lowest BCUT2D eigenvalue weighted by Crippen LogP contribution is -2.37. The van der Waals surface area contributed by atoms with E-state index in [2.05, 4.69) is 11.6 Å². The van der Waals surface area contributed by atoms with E-state index >= 15 is 0 Å². The number of amides is 1. The van der Waals surface area contributed by atoms with Crippen LogP contribution < -0.4 is 0 Å². The standard InChI is InChI=1S/C16H23ClN2O/c1-7-8-19(11(2)3)15(20)12-9-13(16(4,5)6)18-14(17)10-12/h7,9-11H,1,8H2,2-6H3. The van der Waals surface area contributed by atoms with Gasteiger partial charge in [0.15, 0.2) is 0 Å². The molecular weight excluding hydrogens is 272 g/mol. The summed E-state index contributed by atoms with van der Waals surface area (Å²) in [5.41, 5.74) is 1.24. The fourth-order valence-electron chi connectivity index (χ4n) is 1.84. The van der Waals surface area contributed by atoms with Crippen molar-refractivity contribution in [1.29, 1.82) is 0 Å². The first kappa shape index (κ1) is 16.7. The predicted molar refractivity (Wildman–Crippen MR) is 84.3 cm³/mol. The second kappa shape index (κ2) is 6.40. The summed E-state index contributed by atoms with van der Waals surface area (Å²) in [6, 6.07) is 3.55. The van der Waals surface area contributed by atoms with E-state index in [-0.39, 0.29) is 17.4 Å². The molecule has 0 aliphatic carbocycles. The Morgan fingerprint density at radius 1 is 1.45 bits per heavy atom. The summed E-state index contributed by atoms with van der Waals surface area (Å²) in [4.78, 5) is 18.7. The molecule has 0 aliphatic heterocycles. The van der Waals surface area contributed by atoms with Crippen LogP contribution in [0.25, 0.3) is 0 Å². The molecule has 1 amide bonds. The van der Waals surface area contributed by atoms with Crippen LogP contribution in [0.2, 0.25) is 5.15 Å². The van der Waals surface area contributed by atoms with Crippen LogP contribution >= 0.6 is 11.6 Å². The molecule has 1 heterocycles. The van der Waals surface area contributed by atoms with Gasteiger partial charge in [0.2, 0.25) is 0 Å². The molecular formula is C16H23ClN2O. The van der Waals surface area contributed by atoms with Gasteiger partial charge in [0.25, 0.3) is 5.91 Å². The Balaban J connectivity index is 3.21. The van der Waals surface area contributed by atoms with Crippen LogP contribution in [0, 0.1) is 0 Å². The molecule has 0 atom stereocenters. The highest BCUT2D eigenvalue weighted by molar-refractivity contribution is 6.29. The first-order chi connectivity index (χ1) is 9.16. The molecule has 0 bridgehead atoms. The third-order valence-electron chi connectivity index (χ3n) is 3.02. The van der Waals surface area contributed by atoms with Crippen molar-refractivity contribution in [2.24, 2.45) is 0 Å². The molecule has 0 saturated carbocycles. The van der Waals surface area contributed by atoms with E-state index in [1.165, 1.54) is 0 Å². The molecule has 0 aromatic carbocycles. The van der Waals surface area contributed by atoms with E-state index in [0.29, 0.717) is 17.3 Å². The van der Waals surface area contributed by atoms with Crippen LogP contribution in [0.4, 0.5) is 0 Å². The summed E-state index contributed by atoms with van der Waals surface area (Å²) >= 11 is 6.06. The third kappa shape index (κ3) is 4.07. The Morgan fingerprint density at radius 2 is 2.05 bits per heavy atom. The minimum absolute atomic E-state index is 0.0466. The highest BCUT2D eigenvalue weighted by Crippen LogP contribution is 2.24. The zero-order chi connectivity index (χ0) is 15.5. The predicted octanol–water partition coefficient (Wildman–Crippen LogP) is 4.07. The summed E-state index contributed by atoms with van der Waals surface area (Å²) < 4.78 is 0. The maximum absolute atomic E-state index is 12.6. The van der Waals surface area contributed by atoms with Crippen molar-refractivity contribution in [3.05, 3.63) is 41.2 Å². The Bertz CT molecular complexity index is 504. The van der Waals surface area contributed by atoms with Crippen LogP contribution in [0.5, 0.6) is 0 Å². The van der Waals surface area contributed by atoms with Gasteiger partial charge in [-0.3, -0.25) is 4.79 Å². The Labute approximate surface area is 126 Å². The van der Waals surface area contributed by atoms with Crippen molar-refractivity contribution >= 4 is 17.5 Å². The van der Waals surface area contributed by atoms with Gasteiger partial charge in [0.05, 0.1) is 0 Å². The molecule has 0 fully saturated rings. The quantitative estimate of drug-likeness (QED) is 0.619. The van der Waals surface area contributed by atoms with Gasteiger partial charge in [-0.25, -0.2) is 4.98 Å². The number of carbonyl (C=O) groups excluding carboxylic acids is 1. The fourth-order valence-corrected chi connectivity index (χ4v) is 2.05.